The van der Waals surface area contributed by atoms with Gasteiger partial charge in [0.05, 0.1) is 24.8 Å². The fourth-order valence-corrected chi connectivity index (χ4v) is 3.58. The highest BCUT2D eigenvalue weighted by molar-refractivity contribution is 5.54. The van der Waals surface area contributed by atoms with Gasteiger partial charge in [-0.25, -0.2) is 4.79 Å². The lowest BCUT2D eigenvalue weighted by molar-refractivity contribution is 0.112. The number of benzene rings is 2. The van der Waals surface area contributed by atoms with E-state index in [1.807, 2.05) is 54.6 Å². The van der Waals surface area contributed by atoms with E-state index in [2.05, 4.69) is 10.5 Å². The first-order chi connectivity index (χ1) is 13.1. The minimum Gasteiger partial charge on any atom is -0.391 e. The Hall–Kier alpha value is -2.74. The van der Waals surface area contributed by atoms with Gasteiger partial charge in [-0.1, -0.05) is 59.8 Å². The van der Waals surface area contributed by atoms with Crippen LogP contribution in [0.15, 0.2) is 63.9 Å². The van der Waals surface area contributed by atoms with E-state index in [0.717, 1.165) is 16.7 Å². The van der Waals surface area contributed by atoms with Crippen molar-refractivity contribution in [2.45, 2.75) is 31.2 Å². The van der Waals surface area contributed by atoms with Crippen molar-refractivity contribution >= 4 is 0 Å². The molecule has 1 unspecified atom stereocenters. The predicted octanol–water partition coefficient (Wildman–Crippen LogP) is 1.11. The molecule has 2 aromatic carbocycles. The van der Waals surface area contributed by atoms with Crippen LogP contribution < -0.4 is 11.1 Å². The standard InChI is InChI=1S/C20H21N3O4/c24-15(11-21-18-16-9-5-4-8-14(16)10-17(18)25)12-23-19(22-27-20(23)26)13-6-2-1-3-7-13/h1-9,15,17-18,21,24-25H,10-12H2/t15?,17-,18+/m0/s1. The van der Waals surface area contributed by atoms with E-state index in [1.165, 1.54) is 4.57 Å². The Morgan fingerprint density at radius 2 is 1.93 bits per heavy atom. The molecule has 1 aliphatic rings. The Labute approximate surface area is 155 Å². The van der Waals surface area contributed by atoms with Crippen molar-refractivity contribution in [3.63, 3.8) is 0 Å². The zero-order valence-electron chi connectivity index (χ0n) is 14.7. The molecule has 0 amide bonds. The number of hydrogen-bond donors (Lipinski definition) is 3. The van der Waals surface area contributed by atoms with E-state index in [0.29, 0.717) is 12.2 Å². The predicted molar refractivity (Wildman–Crippen MR) is 99.1 cm³/mol. The zero-order chi connectivity index (χ0) is 18.8. The van der Waals surface area contributed by atoms with Crippen LogP contribution in [0.1, 0.15) is 17.2 Å². The summed E-state index contributed by atoms with van der Waals surface area (Å²) < 4.78 is 6.10. The minimum absolute atomic E-state index is 0.0457. The first-order valence-corrected chi connectivity index (χ1v) is 8.92. The molecule has 0 bridgehead atoms. The molecule has 1 heterocycles. The van der Waals surface area contributed by atoms with Gasteiger partial charge in [0.25, 0.3) is 0 Å². The van der Waals surface area contributed by atoms with Gasteiger partial charge in [0.2, 0.25) is 0 Å². The topological polar surface area (TPSA) is 101 Å². The lowest BCUT2D eigenvalue weighted by Gasteiger charge is -2.20. The fraction of sp³-hybridized carbons (Fsp3) is 0.300. The SMILES string of the molecule is O=c1onc(-c2ccccc2)n1CC(O)CN[C@@H]1c2ccccc2C[C@@H]1O. The number of rotatable bonds is 6. The van der Waals surface area contributed by atoms with Crippen LogP contribution in [0.3, 0.4) is 0 Å². The number of hydrogen-bond acceptors (Lipinski definition) is 6. The molecular weight excluding hydrogens is 346 g/mol. The quantitative estimate of drug-likeness (QED) is 0.604. The van der Waals surface area contributed by atoms with Crippen molar-refractivity contribution in [3.05, 3.63) is 76.3 Å². The van der Waals surface area contributed by atoms with E-state index in [4.69, 9.17) is 4.52 Å². The van der Waals surface area contributed by atoms with Gasteiger partial charge in [0, 0.05) is 18.5 Å². The van der Waals surface area contributed by atoms with Gasteiger partial charge in [-0.3, -0.25) is 9.09 Å². The maximum absolute atomic E-state index is 12.0. The summed E-state index contributed by atoms with van der Waals surface area (Å²) >= 11 is 0. The highest BCUT2D eigenvalue weighted by Crippen LogP contribution is 2.31. The summed E-state index contributed by atoms with van der Waals surface area (Å²) in [5.41, 5.74) is 2.89. The van der Waals surface area contributed by atoms with Crippen molar-refractivity contribution in [2.24, 2.45) is 0 Å². The molecule has 0 saturated heterocycles. The van der Waals surface area contributed by atoms with Crippen molar-refractivity contribution < 1.29 is 14.7 Å². The summed E-state index contributed by atoms with van der Waals surface area (Å²) in [7, 11) is 0. The van der Waals surface area contributed by atoms with E-state index in [1.54, 1.807) is 0 Å². The van der Waals surface area contributed by atoms with Gasteiger partial charge >= 0.3 is 5.76 Å². The molecule has 3 N–H and O–H groups in total. The smallest absolute Gasteiger partial charge is 0.391 e. The lowest BCUT2D eigenvalue weighted by Crippen LogP contribution is -2.37. The fourth-order valence-electron chi connectivity index (χ4n) is 3.58. The molecule has 7 heteroatoms. The second-order valence-electron chi connectivity index (χ2n) is 6.76. The average molecular weight is 367 g/mol. The van der Waals surface area contributed by atoms with Gasteiger partial charge in [0.15, 0.2) is 5.82 Å². The molecular formula is C20H21N3O4. The lowest BCUT2D eigenvalue weighted by atomic mass is 10.1. The van der Waals surface area contributed by atoms with Crippen molar-refractivity contribution in [1.82, 2.24) is 15.0 Å². The monoisotopic (exact) mass is 367 g/mol. The molecule has 0 spiro atoms. The number of fused-ring (bicyclic) bond motifs is 1. The Morgan fingerprint density at radius 3 is 2.74 bits per heavy atom. The van der Waals surface area contributed by atoms with Crippen LogP contribution >= 0.6 is 0 Å². The third-order valence-corrected chi connectivity index (χ3v) is 4.89. The first-order valence-electron chi connectivity index (χ1n) is 8.92. The van der Waals surface area contributed by atoms with Crippen LogP contribution in [0.2, 0.25) is 0 Å². The summed E-state index contributed by atoms with van der Waals surface area (Å²) in [6.07, 6.45) is -0.787. The molecule has 140 valence electrons. The van der Waals surface area contributed by atoms with Crippen molar-refractivity contribution in [2.75, 3.05) is 6.54 Å². The van der Waals surface area contributed by atoms with E-state index in [9.17, 15) is 15.0 Å². The largest absolute Gasteiger partial charge is 0.441 e. The highest BCUT2D eigenvalue weighted by Gasteiger charge is 2.30. The number of aromatic nitrogens is 2. The van der Waals surface area contributed by atoms with Crippen LogP contribution in [0.4, 0.5) is 0 Å². The third-order valence-electron chi connectivity index (χ3n) is 4.89. The van der Waals surface area contributed by atoms with Gasteiger partial charge < -0.3 is 15.5 Å². The normalized spacial score (nSPS) is 19.8. The maximum Gasteiger partial charge on any atom is 0.441 e. The molecule has 0 saturated carbocycles. The van der Waals surface area contributed by atoms with Gasteiger partial charge in [-0.15, -0.1) is 0 Å². The molecule has 7 nitrogen and oxygen atoms in total. The molecule has 0 radical (unpaired) electrons. The number of aliphatic hydroxyl groups is 2. The van der Waals surface area contributed by atoms with E-state index >= 15 is 0 Å². The number of nitrogens with one attached hydrogen (secondary N) is 1. The summed E-state index contributed by atoms with van der Waals surface area (Å²) in [4.78, 5) is 12.0. The Balaban J connectivity index is 1.45. The molecule has 0 aliphatic heterocycles. The van der Waals surface area contributed by atoms with E-state index < -0.39 is 18.0 Å². The maximum atomic E-state index is 12.0. The molecule has 1 aliphatic carbocycles. The summed E-state index contributed by atoms with van der Waals surface area (Å²) in [5.74, 6) is -0.231. The Kier molecular flexibility index (Phi) is 4.89. The number of nitrogens with zero attached hydrogens (tertiary/aromatic N) is 2. The van der Waals surface area contributed by atoms with Crippen molar-refractivity contribution in [3.8, 4) is 11.4 Å². The van der Waals surface area contributed by atoms with Crippen LogP contribution in [-0.2, 0) is 13.0 Å². The van der Waals surface area contributed by atoms with Gasteiger partial charge in [0.1, 0.15) is 0 Å². The Morgan fingerprint density at radius 1 is 1.19 bits per heavy atom. The summed E-state index contributed by atoms with van der Waals surface area (Å²) in [6.45, 7) is 0.270. The molecule has 3 aromatic rings. The molecule has 0 fully saturated rings. The molecule has 27 heavy (non-hydrogen) atoms. The van der Waals surface area contributed by atoms with Crippen LogP contribution in [0, 0.1) is 0 Å². The number of aliphatic hydroxyl groups excluding tert-OH is 2. The van der Waals surface area contributed by atoms with Crippen molar-refractivity contribution in [1.29, 1.82) is 0 Å². The third kappa shape index (κ3) is 3.57. The average Bonchev–Trinajstić information content (AvgIpc) is 3.20. The second kappa shape index (κ2) is 7.48. The van der Waals surface area contributed by atoms with Gasteiger partial charge in [-0.2, -0.15) is 0 Å². The first kappa shape index (κ1) is 17.7. The van der Waals surface area contributed by atoms with Crippen LogP contribution in [0.25, 0.3) is 11.4 Å². The van der Waals surface area contributed by atoms with Crippen LogP contribution in [-0.4, -0.2) is 38.7 Å². The summed E-state index contributed by atoms with van der Waals surface area (Å²) in [5, 5.41) is 27.8. The van der Waals surface area contributed by atoms with Crippen LogP contribution in [0.5, 0.6) is 0 Å². The van der Waals surface area contributed by atoms with Gasteiger partial charge in [-0.05, 0) is 11.1 Å². The molecule has 1 aromatic heterocycles. The summed E-state index contributed by atoms with van der Waals surface area (Å²) in [6, 6.07) is 16.8. The second-order valence-corrected chi connectivity index (χ2v) is 6.76. The minimum atomic E-state index is -0.843. The molecule has 4 rings (SSSR count). The zero-order valence-corrected chi connectivity index (χ0v) is 14.7. The molecule has 3 atom stereocenters. The highest BCUT2D eigenvalue weighted by atomic mass is 16.5. The Bertz CT molecular complexity index is 967. The van der Waals surface area contributed by atoms with E-state index in [-0.39, 0.29) is 19.1 Å².